The van der Waals surface area contributed by atoms with Gasteiger partial charge in [0.25, 0.3) is 0 Å². The summed E-state index contributed by atoms with van der Waals surface area (Å²) in [4.78, 5) is 12.7. The number of rotatable bonds is 5. The summed E-state index contributed by atoms with van der Waals surface area (Å²) in [7, 11) is 0. The SMILES string of the molecule is O=C(NCc1cccs1)Nc1cccc(OC(F)F)c1. The lowest BCUT2D eigenvalue weighted by Gasteiger charge is -2.09. The van der Waals surface area contributed by atoms with Gasteiger partial charge < -0.3 is 15.4 Å². The lowest BCUT2D eigenvalue weighted by Crippen LogP contribution is -2.27. The minimum absolute atomic E-state index is 0.00365. The van der Waals surface area contributed by atoms with Crippen LogP contribution >= 0.6 is 11.3 Å². The molecule has 0 aliphatic carbocycles. The second-order valence-corrected chi connectivity index (χ2v) is 4.83. The molecule has 4 nitrogen and oxygen atoms in total. The summed E-state index contributed by atoms with van der Waals surface area (Å²) in [5, 5.41) is 7.13. The minimum Gasteiger partial charge on any atom is -0.435 e. The first kappa shape index (κ1) is 14.3. The maximum Gasteiger partial charge on any atom is 0.387 e. The molecule has 2 N–H and O–H groups in total. The Bertz CT molecular complexity index is 561. The number of ether oxygens (including phenoxy) is 1. The molecule has 0 saturated heterocycles. The van der Waals surface area contributed by atoms with E-state index < -0.39 is 12.6 Å². The molecule has 0 aliphatic heterocycles. The number of alkyl halides is 2. The summed E-state index contributed by atoms with van der Waals surface area (Å²) in [5.74, 6) is -0.00365. The molecule has 106 valence electrons. The number of carbonyl (C=O) groups excluding carboxylic acids is 1. The van der Waals surface area contributed by atoms with Gasteiger partial charge in [-0.15, -0.1) is 11.3 Å². The molecule has 20 heavy (non-hydrogen) atoms. The van der Waals surface area contributed by atoms with E-state index in [0.29, 0.717) is 12.2 Å². The van der Waals surface area contributed by atoms with E-state index in [1.165, 1.54) is 29.5 Å². The Morgan fingerprint density at radius 3 is 2.85 bits per heavy atom. The van der Waals surface area contributed by atoms with E-state index in [0.717, 1.165) is 4.88 Å². The van der Waals surface area contributed by atoms with Gasteiger partial charge in [0.1, 0.15) is 5.75 Å². The number of hydrogen-bond donors (Lipinski definition) is 2. The van der Waals surface area contributed by atoms with Crippen LogP contribution in [0.5, 0.6) is 5.75 Å². The zero-order valence-corrected chi connectivity index (χ0v) is 11.1. The van der Waals surface area contributed by atoms with Crippen molar-refractivity contribution in [2.24, 2.45) is 0 Å². The van der Waals surface area contributed by atoms with Gasteiger partial charge in [-0.2, -0.15) is 8.78 Å². The summed E-state index contributed by atoms with van der Waals surface area (Å²) in [6.07, 6.45) is 0. The van der Waals surface area contributed by atoms with Crippen LogP contribution in [-0.4, -0.2) is 12.6 Å². The van der Waals surface area contributed by atoms with E-state index in [1.807, 2.05) is 17.5 Å². The van der Waals surface area contributed by atoms with Crippen molar-refractivity contribution in [2.75, 3.05) is 5.32 Å². The fourth-order valence-corrected chi connectivity index (χ4v) is 2.15. The van der Waals surface area contributed by atoms with E-state index in [1.54, 1.807) is 6.07 Å². The fourth-order valence-electron chi connectivity index (χ4n) is 1.51. The van der Waals surface area contributed by atoms with Gasteiger partial charge in [0.05, 0.1) is 6.54 Å². The molecule has 7 heteroatoms. The van der Waals surface area contributed by atoms with Crippen molar-refractivity contribution in [3.05, 3.63) is 46.7 Å². The molecule has 1 aromatic heterocycles. The Hall–Kier alpha value is -2.15. The van der Waals surface area contributed by atoms with E-state index >= 15 is 0 Å². The molecule has 2 amide bonds. The monoisotopic (exact) mass is 298 g/mol. The van der Waals surface area contributed by atoms with Gasteiger partial charge in [-0.3, -0.25) is 0 Å². The second kappa shape index (κ2) is 6.85. The van der Waals surface area contributed by atoms with E-state index in [2.05, 4.69) is 15.4 Å². The number of carbonyl (C=O) groups is 1. The summed E-state index contributed by atoms with van der Waals surface area (Å²) < 4.78 is 28.4. The Kier molecular flexibility index (Phi) is 4.89. The van der Waals surface area contributed by atoms with Crippen LogP contribution in [0.25, 0.3) is 0 Å². The van der Waals surface area contributed by atoms with Gasteiger partial charge >= 0.3 is 12.6 Å². The van der Waals surface area contributed by atoms with Crippen LogP contribution in [0.1, 0.15) is 4.88 Å². The first-order valence-electron chi connectivity index (χ1n) is 5.75. The van der Waals surface area contributed by atoms with E-state index in [9.17, 15) is 13.6 Å². The Balaban J connectivity index is 1.87. The van der Waals surface area contributed by atoms with Gasteiger partial charge in [0, 0.05) is 16.6 Å². The number of amides is 2. The first-order valence-corrected chi connectivity index (χ1v) is 6.63. The highest BCUT2D eigenvalue weighted by molar-refractivity contribution is 7.09. The quantitative estimate of drug-likeness (QED) is 0.885. The van der Waals surface area contributed by atoms with Crippen molar-refractivity contribution in [1.29, 1.82) is 0 Å². The molecule has 0 fully saturated rings. The van der Waals surface area contributed by atoms with E-state index in [4.69, 9.17) is 0 Å². The molecule has 2 aromatic rings. The minimum atomic E-state index is -2.89. The number of urea groups is 1. The normalized spacial score (nSPS) is 10.3. The predicted molar refractivity (Wildman–Crippen MR) is 73.3 cm³/mol. The Morgan fingerprint density at radius 1 is 1.30 bits per heavy atom. The molecule has 2 rings (SSSR count). The third kappa shape index (κ3) is 4.51. The zero-order chi connectivity index (χ0) is 14.4. The largest absolute Gasteiger partial charge is 0.435 e. The van der Waals surface area contributed by atoms with Crippen LogP contribution in [0, 0.1) is 0 Å². The predicted octanol–water partition coefficient (Wildman–Crippen LogP) is 3.67. The lowest BCUT2D eigenvalue weighted by molar-refractivity contribution is -0.0497. The first-order chi connectivity index (χ1) is 9.63. The fraction of sp³-hybridized carbons (Fsp3) is 0.154. The van der Waals surface area contributed by atoms with Crippen LogP contribution in [0.2, 0.25) is 0 Å². The molecule has 0 saturated carbocycles. The average Bonchev–Trinajstić information content (AvgIpc) is 2.89. The molecule has 0 unspecified atom stereocenters. The molecule has 0 spiro atoms. The number of benzene rings is 1. The van der Waals surface area contributed by atoms with Gasteiger partial charge in [-0.05, 0) is 23.6 Å². The van der Waals surface area contributed by atoms with Crippen molar-refractivity contribution in [3.63, 3.8) is 0 Å². The number of anilines is 1. The molecular formula is C13H12F2N2O2S. The van der Waals surface area contributed by atoms with Gasteiger partial charge in [0.15, 0.2) is 0 Å². The topological polar surface area (TPSA) is 50.4 Å². The van der Waals surface area contributed by atoms with Crippen molar-refractivity contribution < 1.29 is 18.3 Å². The van der Waals surface area contributed by atoms with Crippen LogP contribution in [0.15, 0.2) is 41.8 Å². The van der Waals surface area contributed by atoms with Crippen LogP contribution in [0.3, 0.4) is 0 Å². The van der Waals surface area contributed by atoms with E-state index in [-0.39, 0.29) is 5.75 Å². The third-order valence-electron chi connectivity index (χ3n) is 2.32. The Labute approximate surface area is 118 Å². The van der Waals surface area contributed by atoms with Gasteiger partial charge in [-0.25, -0.2) is 4.79 Å². The highest BCUT2D eigenvalue weighted by atomic mass is 32.1. The summed E-state index contributed by atoms with van der Waals surface area (Å²) in [6, 6.07) is 9.22. The second-order valence-electron chi connectivity index (χ2n) is 3.79. The molecule has 0 bridgehead atoms. The number of thiophene rings is 1. The summed E-state index contributed by atoms with van der Waals surface area (Å²) in [5.41, 5.74) is 0.381. The summed E-state index contributed by atoms with van der Waals surface area (Å²) in [6.45, 7) is -2.48. The number of hydrogen-bond acceptors (Lipinski definition) is 3. The van der Waals surface area contributed by atoms with Gasteiger partial charge in [-0.1, -0.05) is 12.1 Å². The summed E-state index contributed by atoms with van der Waals surface area (Å²) >= 11 is 1.53. The molecule has 0 atom stereocenters. The standard InChI is InChI=1S/C13H12F2N2O2S/c14-12(15)19-10-4-1-3-9(7-10)17-13(18)16-8-11-5-2-6-20-11/h1-7,12H,8H2,(H2,16,17,18). The van der Waals surface area contributed by atoms with Crippen molar-refractivity contribution in [3.8, 4) is 5.75 Å². The number of halogens is 2. The van der Waals surface area contributed by atoms with Crippen molar-refractivity contribution in [1.82, 2.24) is 5.32 Å². The smallest absolute Gasteiger partial charge is 0.387 e. The maximum absolute atomic E-state index is 12.1. The Morgan fingerprint density at radius 2 is 2.15 bits per heavy atom. The van der Waals surface area contributed by atoms with Crippen LogP contribution in [-0.2, 0) is 6.54 Å². The maximum atomic E-state index is 12.1. The molecule has 0 aliphatic rings. The molecule has 1 heterocycles. The van der Waals surface area contributed by atoms with Crippen LogP contribution in [0.4, 0.5) is 19.3 Å². The van der Waals surface area contributed by atoms with Crippen LogP contribution < -0.4 is 15.4 Å². The molecule has 0 radical (unpaired) electrons. The average molecular weight is 298 g/mol. The highest BCUT2D eigenvalue weighted by Crippen LogP contribution is 2.19. The highest BCUT2D eigenvalue weighted by Gasteiger charge is 2.06. The number of nitrogens with one attached hydrogen (secondary N) is 2. The van der Waals surface area contributed by atoms with Crippen molar-refractivity contribution >= 4 is 23.1 Å². The van der Waals surface area contributed by atoms with Crippen molar-refractivity contribution in [2.45, 2.75) is 13.2 Å². The molecule has 1 aromatic carbocycles. The lowest BCUT2D eigenvalue weighted by atomic mass is 10.3. The zero-order valence-electron chi connectivity index (χ0n) is 10.3. The van der Waals surface area contributed by atoms with Gasteiger partial charge in [0.2, 0.25) is 0 Å². The molecular weight excluding hydrogens is 286 g/mol. The third-order valence-corrected chi connectivity index (χ3v) is 3.20.